The maximum Gasteiger partial charge on any atom is 0.185 e. The third-order valence-corrected chi connectivity index (χ3v) is 2.83. The molecular weight excluding hydrogens is 184 g/mol. The van der Waals surface area contributed by atoms with Gasteiger partial charge in [0.05, 0.1) is 13.2 Å². The van der Waals surface area contributed by atoms with Crippen molar-refractivity contribution >= 4 is 11.8 Å². The molecule has 1 aromatic carbocycles. The minimum atomic E-state index is -0.149. The standard InChI is InChI=1S/C10H12O2S/c1-13-9-5-3-2-4-8(9)10-11-6-7-12-10/h2-5,10H,6-7H2,1H3. The van der Waals surface area contributed by atoms with Crippen LogP contribution in [-0.2, 0) is 9.47 Å². The monoisotopic (exact) mass is 196 g/mol. The Balaban J connectivity index is 2.26. The zero-order valence-electron chi connectivity index (χ0n) is 7.53. The van der Waals surface area contributed by atoms with Crippen molar-refractivity contribution in [2.24, 2.45) is 0 Å². The van der Waals surface area contributed by atoms with Crippen LogP contribution in [0.2, 0.25) is 0 Å². The van der Waals surface area contributed by atoms with Gasteiger partial charge in [-0.15, -0.1) is 11.8 Å². The Hall–Kier alpha value is -0.510. The summed E-state index contributed by atoms with van der Waals surface area (Å²) < 4.78 is 10.9. The highest BCUT2D eigenvalue weighted by atomic mass is 32.2. The number of thioether (sulfide) groups is 1. The lowest BCUT2D eigenvalue weighted by atomic mass is 10.2. The van der Waals surface area contributed by atoms with Crippen LogP contribution in [0, 0.1) is 0 Å². The quantitative estimate of drug-likeness (QED) is 0.677. The van der Waals surface area contributed by atoms with E-state index in [0.29, 0.717) is 13.2 Å². The van der Waals surface area contributed by atoms with Gasteiger partial charge in [-0.05, 0) is 12.3 Å². The number of rotatable bonds is 2. The SMILES string of the molecule is CSc1ccccc1C1OCCO1. The molecule has 1 aliphatic rings. The molecule has 1 saturated heterocycles. The highest BCUT2D eigenvalue weighted by Gasteiger charge is 2.20. The van der Waals surface area contributed by atoms with Crippen LogP contribution in [0.1, 0.15) is 11.9 Å². The first-order valence-electron chi connectivity index (χ1n) is 4.28. The highest BCUT2D eigenvalue weighted by Crippen LogP contribution is 2.30. The molecule has 0 N–H and O–H groups in total. The average molecular weight is 196 g/mol. The zero-order chi connectivity index (χ0) is 9.10. The molecule has 0 aromatic heterocycles. The van der Waals surface area contributed by atoms with Gasteiger partial charge in [0.1, 0.15) is 0 Å². The Bertz CT molecular complexity index is 282. The molecule has 0 saturated carbocycles. The molecule has 1 aliphatic heterocycles. The van der Waals surface area contributed by atoms with Crippen LogP contribution in [0.5, 0.6) is 0 Å². The van der Waals surface area contributed by atoms with E-state index < -0.39 is 0 Å². The number of ether oxygens (including phenoxy) is 2. The van der Waals surface area contributed by atoms with Crippen LogP contribution in [0.4, 0.5) is 0 Å². The van der Waals surface area contributed by atoms with Crippen LogP contribution in [0.15, 0.2) is 29.2 Å². The van der Waals surface area contributed by atoms with Gasteiger partial charge < -0.3 is 9.47 Å². The summed E-state index contributed by atoms with van der Waals surface area (Å²) in [5.41, 5.74) is 1.15. The van der Waals surface area contributed by atoms with Gasteiger partial charge in [-0.25, -0.2) is 0 Å². The highest BCUT2D eigenvalue weighted by molar-refractivity contribution is 7.98. The van der Waals surface area contributed by atoms with E-state index in [4.69, 9.17) is 9.47 Å². The minimum Gasteiger partial charge on any atom is -0.346 e. The first kappa shape index (κ1) is 9.06. The fraction of sp³-hybridized carbons (Fsp3) is 0.400. The Labute approximate surface area is 82.2 Å². The van der Waals surface area contributed by atoms with Crippen LogP contribution in [0.3, 0.4) is 0 Å². The summed E-state index contributed by atoms with van der Waals surface area (Å²) in [6.07, 6.45) is 1.91. The molecule has 1 heterocycles. The molecule has 0 spiro atoms. The Morgan fingerprint density at radius 2 is 1.92 bits per heavy atom. The lowest BCUT2D eigenvalue weighted by Crippen LogP contribution is -1.99. The lowest BCUT2D eigenvalue weighted by Gasteiger charge is -2.12. The molecule has 13 heavy (non-hydrogen) atoms. The van der Waals surface area contributed by atoms with Crippen molar-refractivity contribution in [2.75, 3.05) is 19.5 Å². The van der Waals surface area contributed by atoms with Crippen LogP contribution in [0.25, 0.3) is 0 Å². The number of benzene rings is 1. The van der Waals surface area contributed by atoms with Crippen LogP contribution >= 0.6 is 11.8 Å². The molecule has 0 bridgehead atoms. The molecule has 70 valence electrons. The van der Waals surface area contributed by atoms with E-state index >= 15 is 0 Å². The summed E-state index contributed by atoms with van der Waals surface area (Å²) in [6.45, 7) is 1.40. The molecule has 2 nitrogen and oxygen atoms in total. The van der Waals surface area contributed by atoms with Gasteiger partial charge in [-0.1, -0.05) is 18.2 Å². The van der Waals surface area contributed by atoms with Gasteiger partial charge >= 0.3 is 0 Å². The van der Waals surface area contributed by atoms with E-state index in [9.17, 15) is 0 Å². The van der Waals surface area contributed by atoms with Gasteiger partial charge in [-0.3, -0.25) is 0 Å². The largest absolute Gasteiger partial charge is 0.346 e. The van der Waals surface area contributed by atoms with Crippen LogP contribution < -0.4 is 0 Å². The van der Waals surface area contributed by atoms with Gasteiger partial charge in [0.25, 0.3) is 0 Å². The second-order valence-corrected chi connectivity index (χ2v) is 3.66. The molecule has 0 atom stereocenters. The van der Waals surface area contributed by atoms with Crippen molar-refractivity contribution in [1.82, 2.24) is 0 Å². The molecule has 1 fully saturated rings. The summed E-state index contributed by atoms with van der Waals surface area (Å²) in [4.78, 5) is 1.23. The summed E-state index contributed by atoms with van der Waals surface area (Å²) in [5.74, 6) is 0. The fourth-order valence-electron chi connectivity index (χ4n) is 1.40. The predicted molar refractivity (Wildman–Crippen MR) is 52.9 cm³/mol. The molecule has 2 rings (SSSR count). The normalized spacial score (nSPS) is 17.9. The van der Waals surface area contributed by atoms with Crippen molar-refractivity contribution in [2.45, 2.75) is 11.2 Å². The van der Waals surface area contributed by atoms with Crippen molar-refractivity contribution in [3.63, 3.8) is 0 Å². The molecule has 0 amide bonds. The first-order valence-corrected chi connectivity index (χ1v) is 5.50. The summed E-state index contributed by atoms with van der Waals surface area (Å²) in [7, 11) is 0. The van der Waals surface area contributed by atoms with Crippen molar-refractivity contribution in [3.05, 3.63) is 29.8 Å². The smallest absolute Gasteiger partial charge is 0.185 e. The summed E-state index contributed by atoms with van der Waals surface area (Å²) in [6, 6.07) is 8.19. The van der Waals surface area contributed by atoms with E-state index in [-0.39, 0.29) is 6.29 Å². The van der Waals surface area contributed by atoms with Gasteiger partial charge in [-0.2, -0.15) is 0 Å². The first-order chi connectivity index (χ1) is 6.42. The van der Waals surface area contributed by atoms with Gasteiger partial charge in [0.15, 0.2) is 6.29 Å². The summed E-state index contributed by atoms with van der Waals surface area (Å²) in [5, 5.41) is 0. The second-order valence-electron chi connectivity index (χ2n) is 2.82. The van der Waals surface area contributed by atoms with Gasteiger partial charge in [0, 0.05) is 10.5 Å². The topological polar surface area (TPSA) is 18.5 Å². The zero-order valence-corrected chi connectivity index (χ0v) is 8.34. The predicted octanol–water partition coefficient (Wildman–Crippen LogP) is 2.45. The second kappa shape index (κ2) is 4.13. The average Bonchev–Trinajstić information content (AvgIpc) is 2.70. The van der Waals surface area contributed by atoms with E-state index in [1.165, 1.54) is 4.90 Å². The third kappa shape index (κ3) is 1.88. The molecule has 0 unspecified atom stereocenters. The Kier molecular flexibility index (Phi) is 2.88. The van der Waals surface area contributed by atoms with Crippen molar-refractivity contribution < 1.29 is 9.47 Å². The van der Waals surface area contributed by atoms with Crippen molar-refractivity contribution in [1.29, 1.82) is 0 Å². The minimum absolute atomic E-state index is 0.149. The van der Waals surface area contributed by atoms with E-state index in [0.717, 1.165) is 5.56 Å². The molecular formula is C10H12O2S. The number of hydrogen-bond donors (Lipinski definition) is 0. The Morgan fingerprint density at radius 1 is 1.23 bits per heavy atom. The molecule has 0 radical (unpaired) electrons. The van der Waals surface area contributed by atoms with Crippen molar-refractivity contribution in [3.8, 4) is 0 Å². The van der Waals surface area contributed by atoms with E-state index in [1.807, 2.05) is 12.1 Å². The summed E-state index contributed by atoms with van der Waals surface area (Å²) >= 11 is 1.72. The maximum absolute atomic E-state index is 5.45. The maximum atomic E-state index is 5.45. The van der Waals surface area contributed by atoms with Crippen LogP contribution in [-0.4, -0.2) is 19.5 Å². The van der Waals surface area contributed by atoms with Gasteiger partial charge in [0.2, 0.25) is 0 Å². The third-order valence-electron chi connectivity index (χ3n) is 2.01. The molecule has 3 heteroatoms. The van der Waals surface area contributed by atoms with E-state index in [2.05, 4.69) is 18.4 Å². The fourth-order valence-corrected chi connectivity index (χ4v) is 2.01. The molecule has 1 aromatic rings. The van der Waals surface area contributed by atoms with E-state index in [1.54, 1.807) is 11.8 Å². The molecule has 0 aliphatic carbocycles. The Morgan fingerprint density at radius 3 is 2.62 bits per heavy atom. The number of hydrogen-bond acceptors (Lipinski definition) is 3. The lowest BCUT2D eigenvalue weighted by molar-refractivity contribution is -0.0460.